The zero-order valence-electron chi connectivity index (χ0n) is 10.6. The first-order valence-corrected chi connectivity index (χ1v) is 6.18. The summed E-state index contributed by atoms with van der Waals surface area (Å²) in [7, 11) is 2.14. The Hall–Kier alpha value is -1.13. The lowest BCUT2D eigenvalue weighted by atomic mass is 10.1. The molecule has 0 saturated carbocycles. The second-order valence-electron chi connectivity index (χ2n) is 4.61. The zero-order valence-corrected chi connectivity index (χ0v) is 10.6. The molecule has 2 rings (SSSR count). The van der Waals surface area contributed by atoms with Crippen molar-refractivity contribution in [3.63, 3.8) is 0 Å². The summed E-state index contributed by atoms with van der Waals surface area (Å²) in [5.41, 5.74) is 9.14. The SMILES string of the molecule is Cc1cc(N(C)C2CCOCC2)c(CN)cn1. The molecule has 0 atom stereocenters. The van der Waals surface area contributed by atoms with Gasteiger partial charge in [-0.1, -0.05) is 0 Å². The highest BCUT2D eigenvalue weighted by Gasteiger charge is 2.20. The van der Waals surface area contributed by atoms with E-state index < -0.39 is 0 Å². The lowest BCUT2D eigenvalue weighted by Crippen LogP contribution is -2.37. The first kappa shape index (κ1) is 12.3. The fourth-order valence-electron chi connectivity index (χ4n) is 2.33. The van der Waals surface area contributed by atoms with Crippen molar-refractivity contribution >= 4 is 5.69 Å². The molecule has 2 heterocycles. The number of nitrogens with zero attached hydrogens (tertiary/aromatic N) is 2. The summed E-state index contributed by atoms with van der Waals surface area (Å²) in [6.45, 7) is 4.27. The zero-order chi connectivity index (χ0) is 12.3. The fourth-order valence-corrected chi connectivity index (χ4v) is 2.33. The van der Waals surface area contributed by atoms with Gasteiger partial charge in [0, 0.05) is 56.0 Å². The molecule has 0 spiro atoms. The van der Waals surface area contributed by atoms with E-state index in [0.29, 0.717) is 12.6 Å². The average molecular weight is 235 g/mol. The van der Waals surface area contributed by atoms with Gasteiger partial charge in [-0.05, 0) is 25.8 Å². The van der Waals surface area contributed by atoms with Crippen molar-refractivity contribution in [2.45, 2.75) is 32.4 Å². The first-order chi connectivity index (χ1) is 8.22. The van der Waals surface area contributed by atoms with Gasteiger partial charge in [0.15, 0.2) is 0 Å². The number of anilines is 1. The highest BCUT2D eigenvalue weighted by molar-refractivity contribution is 5.53. The van der Waals surface area contributed by atoms with Crippen LogP contribution in [0.15, 0.2) is 12.3 Å². The molecule has 1 fully saturated rings. The molecule has 1 aromatic heterocycles. The van der Waals surface area contributed by atoms with E-state index in [0.717, 1.165) is 37.3 Å². The largest absolute Gasteiger partial charge is 0.381 e. The van der Waals surface area contributed by atoms with Crippen molar-refractivity contribution in [2.75, 3.05) is 25.2 Å². The van der Waals surface area contributed by atoms with E-state index >= 15 is 0 Å². The minimum Gasteiger partial charge on any atom is -0.381 e. The molecule has 1 aromatic rings. The summed E-state index contributed by atoms with van der Waals surface area (Å²) in [5, 5.41) is 0. The topological polar surface area (TPSA) is 51.4 Å². The fraction of sp³-hybridized carbons (Fsp3) is 0.615. The van der Waals surface area contributed by atoms with Gasteiger partial charge in [-0.25, -0.2) is 0 Å². The minimum absolute atomic E-state index is 0.538. The van der Waals surface area contributed by atoms with E-state index in [1.54, 1.807) is 0 Å². The van der Waals surface area contributed by atoms with Gasteiger partial charge in [-0.3, -0.25) is 4.98 Å². The third kappa shape index (κ3) is 2.76. The van der Waals surface area contributed by atoms with Crippen LogP contribution < -0.4 is 10.6 Å². The molecule has 2 N–H and O–H groups in total. The second kappa shape index (κ2) is 5.47. The number of rotatable bonds is 3. The molecular weight excluding hydrogens is 214 g/mol. The first-order valence-electron chi connectivity index (χ1n) is 6.18. The van der Waals surface area contributed by atoms with Gasteiger partial charge in [-0.2, -0.15) is 0 Å². The molecule has 17 heavy (non-hydrogen) atoms. The molecular formula is C13H21N3O. The number of ether oxygens (including phenoxy) is 1. The number of hydrogen-bond acceptors (Lipinski definition) is 4. The summed E-state index contributed by atoms with van der Waals surface area (Å²) in [6, 6.07) is 2.67. The van der Waals surface area contributed by atoms with Gasteiger partial charge in [-0.15, -0.1) is 0 Å². The Morgan fingerprint density at radius 3 is 2.82 bits per heavy atom. The molecule has 0 aliphatic carbocycles. The number of pyridine rings is 1. The Morgan fingerprint density at radius 1 is 1.47 bits per heavy atom. The minimum atomic E-state index is 0.538. The van der Waals surface area contributed by atoms with Crippen LogP contribution in [0.3, 0.4) is 0 Å². The molecule has 1 saturated heterocycles. The highest BCUT2D eigenvalue weighted by Crippen LogP contribution is 2.25. The third-order valence-corrected chi connectivity index (χ3v) is 3.44. The van der Waals surface area contributed by atoms with Gasteiger partial charge in [0.25, 0.3) is 0 Å². The smallest absolute Gasteiger partial charge is 0.0485 e. The van der Waals surface area contributed by atoms with Crippen molar-refractivity contribution in [1.29, 1.82) is 0 Å². The van der Waals surface area contributed by atoms with Crippen LogP contribution >= 0.6 is 0 Å². The lowest BCUT2D eigenvalue weighted by Gasteiger charge is -2.34. The molecule has 1 aliphatic rings. The number of nitrogens with two attached hydrogens (primary N) is 1. The van der Waals surface area contributed by atoms with E-state index in [9.17, 15) is 0 Å². The molecule has 0 radical (unpaired) electrons. The van der Waals surface area contributed by atoms with Crippen LogP contribution in [0.25, 0.3) is 0 Å². The molecule has 94 valence electrons. The van der Waals surface area contributed by atoms with E-state index in [1.807, 2.05) is 13.1 Å². The molecule has 4 heteroatoms. The maximum Gasteiger partial charge on any atom is 0.0485 e. The van der Waals surface area contributed by atoms with Gasteiger partial charge in [0.2, 0.25) is 0 Å². The van der Waals surface area contributed by atoms with Crippen molar-refractivity contribution < 1.29 is 4.74 Å². The van der Waals surface area contributed by atoms with Gasteiger partial charge in [0.05, 0.1) is 0 Å². The molecule has 0 bridgehead atoms. The van der Waals surface area contributed by atoms with Gasteiger partial charge >= 0.3 is 0 Å². The number of aryl methyl sites for hydroxylation is 1. The quantitative estimate of drug-likeness (QED) is 0.862. The molecule has 1 aliphatic heterocycles. The highest BCUT2D eigenvalue weighted by atomic mass is 16.5. The van der Waals surface area contributed by atoms with Gasteiger partial charge in [0.1, 0.15) is 0 Å². The maximum absolute atomic E-state index is 5.78. The average Bonchev–Trinajstić information content (AvgIpc) is 2.39. The van der Waals surface area contributed by atoms with E-state index in [-0.39, 0.29) is 0 Å². The predicted octanol–water partition coefficient (Wildman–Crippen LogP) is 1.46. The second-order valence-corrected chi connectivity index (χ2v) is 4.61. The number of hydrogen-bond donors (Lipinski definition) is 1. The Morgan fingerprint density at radius 2 is 2.18 bits per heavy atom. The van der Waals surface area contributed by atoms with Crippen LogP contribution in [0.5, 0.6) is 0 Å². The van der Waals surface area contributed by atoms with Crippen LogP contribution in [0.4, 0.5) is 5.69 Å². The summed E-state index contributed by atoms with van der Waals surface area (Å²) < 4.78 is 5.40. The van der Waals surface area contributed by atoms with Crippen molar-refractivity contribution in [1.82, 2.24) is 4.98 Å². The number of aromatic nitrogens is 1. The molecule has 0 unspecified atom stereocenters. The normalized spacial score (nSPS) is 17.1. The van der Waals surface area contributed by atoms with E-state index in [2.05, 4.69) is 23.0 Å². The predicted molar refractivity (Wildman–Crippen MR) is 69.1 cm³/mol. The van der Waals surface area contributed by atoms with Crippen LogP contribution in [-0.2, 0) is 11.3 Å². The Kier molecular flexibility index (Phi) is 3.97. The van der Waals surface area contributed by atoms with Crippen molar-refractivity contribution in [3.05, 3.63) is 23.5 Å². The van der Waals surface area contributed by atoms with E-state index in [1.165, 1.54) is 5.69 Å². The van der Waals surface area contributed by atoms with Gasteiger partial charge < -0.3 is 15.4 Å². The lowest BCUT2D eigenvalue weighted by molar-refractivity contribution is 0.0854. The summed E-state index contributed by atoms with van der Waals surface area (Å²) in [6.07, 6.45) is 4.06. The van der Waals surface area contributed by atoms with Crippen LogP contribution in [0.2, 0.25) is 0 Å². The molecule has 0 aromatic carbocycles. The van der Waals surface area contributed by atoms with Crippen molar-refractivity contribution in [3.8, 4) is 0 Å². The van der Waals surface area contributed by atoms with Crippen LogP contribution in [-0.4, -0.2) is 31.3 Å². The summed E-state index contributed by atoms with van der Waals surface area (Å²) >= 11 is 0. The summed E-state index contributed by atoms with van der Waals surface area (Å²) in [4.78, 5) is 6.64. The Bertz CT molecular complexity index is 375. The van der Waals surface area contributed by atoms with Crippen molar-refractivity contribution in [2.24, 2.45) is 5.73 Å². The Labute approximate surface area is 103 Å². The van der Waals surface area contributed by atoms with Crippen LogP contribution in [0, 0.1) is 6.92 Å². The van der Waals surface area contributed by atoms with E-state index in [4.69, 9.17) is 10.5 Å². The van der Waals surface area contributed by atoms with Crippen LogP contribution in [0.1, 0.15) is 24.1 Å². The Balaban J connectivity index is 2.21. The third-order valence-electron chi connectivity index (χ3n) is 3.44. The maximum atomic E-state index is 5.78. The molecule has 4 nitrogen and oxygen atoms in total. The summed E-state index contributed by atoms with van der Waals surface area (Å²) in [5.74, 6) is 0. The monoisotopic (exact) mass is 235 g/mol. The molecule has 0 amide bonds. The standard InChI is InChI=1S/C13H21N3O/c1-10-7-13(11(8-14)9-15-10)16(2)12-3-5-17-6-4-12/h7,9,12H,3-6,8,14H2,1-2H3.